The van der Waals surface area contributed by atoms with Crippen LogP contribution in [0.3, 0.4) is 0 Å². The summed E-state index contributed by atoms with van der Waals surface area (Å²) < 4.78 is 0. The minimum absolute atomic E-state index is 0.718. The number of aryl methyl sites for hydroxylation is 1. The van der Waals surface area contributed by atoms with Crippen LogP contribution in [-0.4, -0.2) is 33.2 Å². The normalized spacial score (nSPS) is 15.8. The first-order valence-corrected chi connectivity index (χ1v) is 6.41. The Morgan fingerprint density at radius 1 is 1.24 bits per heavy atom. The van der Waals surface area contributed by atoms with Gasteiger partial charge in [-0.15, -0.1) is 0 Å². The van der Waals surface area contributed by atoms with Crippen LogP contribution in [0, 0.1) is 13.8 Å². The highest BCUT2D eigenvalue weighted by Gasteiger charge is 2.20. The molecule has 0 atom stereocenters. The molecule has 3 nitrogen and oxygen atoms in total. The van der Waals surface area contributed by atoms with Gasteiger partial charge >= 0.3 is 0 Å². The molecule has 1 heterocycles. The maximum atomic E-state index is 5.71. The van der Waals surface area contributed by atoms with Crippen LogP contribution in [0.1, 0.15) is 17.5 Å². The lowest BCUT2D eigenvalue weighted by molar-refractivity contribution is 0.741. The van der Waals surface area contributed by atoms with Gasteiger partial charge in [-0.2, -0.15) is 0 Å². The number of nitrogens with zero attached hydrogens (tertiary/aromatic N) is 2. The van der Waals surface area contributed by atoms with Crippen LogP contribution in [-0.2, 0) is 0 Å². The Morgan fingerprint density at radius 3 is 2.71 bits per heavy atom. The summed E-state index contributed by atoms with van der Waals surface area (Å²) in [5.74, 6) is 0. The van der Waals surface area contributed by atoms with Crippen LogP contribution in [0.2, 0.25) is 0 Å². The first-order chi connectivity index (χ1) is 8.15. The molecule has 1 aromatic rings. The first-order valence-electron chi connectivity index (χ1n) is 6.41. The smallest absolute Gasteiger partial charge is 0.0633 e. The van der Waals surface area contributed by atoms with Crippen molar-refractivity contribution in [3.63, 3.8) is 0 Å². The predicted octanol–water partition coefficient (Wildman–Crippen LogP) is 1.91. The third kappa shape index (κ3) is 2.25. The van der Waals surface area contributed by atoms with Crippen molar-refractivity contribution in [2.75, 3.05) is 43.0 Å². The molecular weight excluding hydrogens is 210 g/mol. The zero-order chi connectivity index (χ0) is 12.4. The zero-order valence-electron chi connectivity index (χ0n) is 11.2. The summed E-state index contributed by atoms with van der Waals surface area (Å²) in [6.07, 6.45) is 1.20. The van der Waals surface area contributed by atoms with Crippen LogP contribution in [0.15, 0.2) is 12.1 Å². The number of hydrogen-bond acceptors (Lipinski definition) is 3. The first kappa shape index (κ1) is 12.2. The molecule has 0 aliphatic carbocycles. The highest BCUT2D eigenvalue weighted by Crippen LogP contribution is 2.35. The Labute approximate surface area is 104 Å². The second-order valence-corrected chi connectivity index (χ2v) is 4.93. The largest absolute Gasteiger partial charge is 0.373 e. The van der Waals surface area contributed by atoms with Gasteiger partial charge in [0.25, 0.3) is 0 Å². The van der Waals surface area contributed by atoms with Crippen molar-refractivity contribution in [2.24, 2.45) is 5.73 Å². The fraction of sp³-hybridized carbons (Fsp3) is 0.571. The van der Waals surface area contributed by atoms with Crippen molar-refractivity contribution in [3.8, 4) is 0 Å². The van der Waals surface area contributed by atoms with Gasteiger partial charge in [-0.25, -0.2) is 0 Å². The summed E-state index contributed by atoms with van der Waals surface area (Å²) in [5.41, 5.74) is 11.2. The van der Waals surface area contributed by atoms with E-state index in [1.807, 2.05) is 0 Å². The molecule has 2 N–H and O–H groups in total. The molecule has 0 amide bonds. The summed E-state index contributed by atoms with van der Waals surface area (Å²) in [7, 11) is 2.19. The topological polar surface area (TPSA) is 32.5 Å². The summed E-state index contributed by atoms with van der Waals surface area (Å²) in [6.45, 7) is 8.30. The van der Waals surface area contributed by atoms with Gasteiger partial charge in [-0.3, -0.25) is 0 Å². The molecule has 1 aliphatic rings. The second kappa shape index (κ2) is 4.96. The lowest BCUT2D eigenvalue weighted by atomic mass is 10.1. The molecule has 17 heavy (non-hydrogen) atoms. The van der Waals surface area contributed by atoms with E-state index in [9.17, 15) is 0 Å². The lowest BCUT2D eigenvalue weighted by Gasteiger charge is -2.27. The molecule has 0 unspecified atom stereocenters. The van der Waals surface area contributed by atoms with E-state index in [2.05, 4.69) is 42.8 Å². The third-order valence-corrected chi connectivity index (χ3v) is 3.72. The zero-order valence-corrected chi connectivity index (χ0v) is 11.2. The maximum absolute atomic E-state index is 5.71. The molecule has 0 aromatic heterocycles. The predicted molar refractivity (Wildman–Crippen MR) is 75.1 cm³/mol. The Morgan fingerprint density at radius 2 is 2.00 bits per heavy atom. The van der Waals surface area contributed by atoms with Crippen LogP contribution in [0.5, 0.6) is 0 Å². The Balaban J connectivity index is 2.49. The molecule has 1 aromatic carbocycles. The van der Waals surface area contributed by atoms with Crippen molar-refractivity contribution < 1.29 is 0 Å². The summed E-state index contributed by atoms with van der Waals surface area (Å²) >= 11 is 0. The molecule has 0 spiro atoms. The van der Waals surface area contributed by atoms with Gasteiger partial charge in [0.05, 0.1) is 11.4 Å². The highest BCUT2D eigenvalue weighted by molar-refractivity contribution is 5.76. The van der Waals surface area contributed by atoms with Gasteiger partial charge in [0.2, 0.25) is 0 Å². The molecule has 2 rings (SSSR count). The summed E-state index contributed by atoms with van der Waals surface area (Å²) in [4.78, 5) is 4.81. The lowest BCUT2D eigenvalue weighted by Crippen LogP contribution is -2.30. The van der Waals surface area contributed by atoms with E-state index in [1.54, 1.807) is 0 Å². The minimum atomic E-state index is 0.718. The highest BCUT2D eigenvalue weighted by atomic mass is 15.2. The van der Waals surface area contributed by atoms with E-state index in [-0.39, 0.29) is 0 Å². The van der Waals surface area contributed by atoms with Crippen molar-refractivity contribution >= 4 is 11.4 Å². The standard InChI is InChI=1S/C14H23N3/c1-11-5-6-13-14(12(11)2)16(3)8-4-9-17(13)10-7-15/h5-6H,4,7-10,15H2,1-3H3. The minimum Gasteiger partial charge on any atom is -0.373 e. The number of benzene rings is 1. The van der Waals surface area contributed by atoms with E-state index in [0.717, 1.165) is 26.2 Å². The van der Waals surface area contributed by atoms with Gasteiger partial charge in [0.1, 0.15) is 0 Å². The van der Waals surface area contributed by atoms with Crippen LogP contribution in [0.4, 0.5) is 11.4 Å². The van der Waals surface area contributed by atoms with Crippen molar-refractivity contribution in [3.05, 3.63) is 23.3 Å². The van der Waals surface area contributed by atoms with Crippen LogP contribution >= 0.6 is 0 Å². The van der Waals surface area contributed by atoms with Crippen molar-refractivity contribution in [1.82, 2.24) is 0 Å². The molecule has 0 bridgehead atoms. The quantitative estimate of drug-likeness (QED) is 0.847. The molecule has 0 saturated heterocycles. The van der Waals surface area contributed by atoms with Gasteiger partial charge in [0, 0.05) is 33.2 Å². The van der Waals surface area contributed by atoms with Gasteiger partial charge in [-0.1, -0.05) is 6.07 Å². The molecule has 0 radical (unpaired) electrons. The Kier molecular flexibility index (Phi) is 3.57. The Hall–Kier alpha value is -1.22. The van der Waals surface area contributed by atoms with E-state index in [1.165, 1.54) is 28.9 Å². The fourth-order valence-electron chi connectivity index (χ4n) is 2.64. The van der Waals surface area contributed by atoms with Crippen molar-refractivity contribution in [2.45, 2.75) is 20.3 Å². The fourth-order valence-corrected chi connectivity index (χ4v) is 2.64. The van der Waals surface area contributed by atoms with Gasteiger partial charge < -0.3 is 15.5 Å². The maximum Gasteiger partial charge on any atom is 0.0633 e. The summed E-state index contributed by atoms with van der Waals surface area (Å²) in [6, 6.07) is 4.46. The van der Waals surface area contributed by atoms with Crippen LogP contribution < -0.4 is 15.5 Å². The van der Waals surface area contributed by atoms with Crippen molar-refractivity contribution in [1.29, 1.82) is 0 Å². The number of rotatable bonds is 2. The average Bonchev–Trinajstić information content (AvgIpc) is 2.45. The van der Waals surface area contributed by atoms with E-state index in [0.29, 0.717) is 0 Å². The monoisotopic (exact) mass is 233 g/mol. The summed E-state index contributed by atoms with van der Waals surface area (Å²) in [5, 5.41) is 0. The van der Waals surface area contributed by atoms with Gasteiger partial charge in [-0.05, 0) is 37.5 Å². The molecule has 0 fully saturated rings. The van der Waals surface area contributed by atoms with Gasteiger partial charge in [0.15, 0.2) is 0 Å². The SMILES string of the molecule is Cc1ccc2c(c1C)N(C)CCCN2CCN. The number of anilines is 2. The number of nitrogens with two attached hydrogens (primary N) is 1. The average molecular weight is 233 g/mol. The van der Waals surface area contributed by atoms with Crippen LogP contribution in [0.25, 0.3) is 0 Å². The van der Waals surface area contributed by atoms with E-state index in [4.69, 9.17) is 5.73 Å². The van der Waals surface area contributed by atoms with E-state index >= 15 is 0 Å². The molecule has 3 heteroatoms. The number of fused-ring (bicyclic) bond motifs is 1. The molecule has 94 valence electrons. The number of hydrogen-bond donors (Lipinski definition) is 1. The third-order valence-electron chi connectivity index (χ3n) is 3.72. The Bertz CT molecular complexity index is 401. The molecular formula is C14H23N3. The molecule has 1 aliphatic heterocycles. The van der Waals surface area contributed by atoms with E-state index < -0.39 is 0 Å². The molecule has 0 saturated carbocycles. The second-order valence-electron chi connectivity index (χ2n) is 4.93.